The van der Waals surface area contributed by atoms with Crippen LogP contribution in [0.1, 0.15) is 26.3 Å². The van der Waals surface area contributed by atoms with E-state index in [1.54, 1.807) is 36.4 Å². The number of nitrogens with zero attached hydrogens (tertiary/aromatic N) is 2. The third-order valence-electron chi connectivity index (χ3n) is 4.47. The molecule has 1 N–H and O–H groups in total. The summed E-state index contributed by atoms with van der Waals surface area (Å²) in [6.07, 6.45) is 1.72. The molecule has 4 rings (SSSR count). The lowest BCUT2D eigenvalue weighted by Crippen LogP contribution is -2.35. The van der Waals surface area contributed by atoms with Gasteiger partial charge in [-0.15, -0.1) is 0 Å². The van der Waals surface area contributed by atoms with Gasteiger partial charge in [0.1, 0.15) is 0 Å². The van der Waals surface area contributed by atoms with Gasteiger partial charge in [0.15, 0.2) is 5.17 Å². The standard InChI is InChI=1S/C24H16N2O4S/c27-21(17-9-5-2-6-10-17)26-22(28)20(15-16-7-3-1-4-8-16)31-24(26)25-19-13-11-18(12-14-19)23(29)30/h1-15H,(H,29,30). The summed E-state index contributed by atoms with van der Waals surface area (Å²) in [6, 6.07) is 23.8. The maximum Gasteiger partial charge on any atom is 0.335 e. The summed E-state index contributed by atoms with van der Waals surface area (Å²) < 4.78 is 0. The highest BCUT2D eigenvalue weighted by Crippen LogP contribution is 2.35. The van der Waals surface area contributed by atoms with E-state index in [1.165, 1.54) is 24.3 Å². The zero-order valence-electron chi connectivity index (χ0n) is 16.1. The van der Waals surface area contributed by atoms with Gasteiger partial charge < -0.3 is 5.11 Å². The second-order valence-electron chi connectivity index (χ2n) is 6.58. The van der Waals surface area contributed by atoms with Gasteiger partial charge in [0.2, 0.25) is 0 Å². The largest absolute Gasteiger partial charge is 0.478 e. The lowest BCUT2D eigenvalue weighted by atomic mass is 10.2. The molecule has 7 heteroatoms. The SMILES string of the molecule is O=C(O)c1ccc(N=C2SC(=Cc3ccccc3)C(=O)N2C(=O)c2ccccc2)cc1. The Morgan fingerprint density at radius 1 is 0.839 bits per heavy atom. The van der Waals surface area contributed by atoms with Gasteiger partial charge in [0.05, 0.1) is 16.2 Å². The highest BCUT2D eigenvalue weighted by molar-refractivity contribution is 8.18. The molecule has 1 fully saturated rings. The van der Waals surface area contributed by atoms with Crippen LogP contribution in [0.15, 0.2) is 94.8 Å². The molecule has 2 amide bonds. The predicted octanol–water partition coefficient (Wildman–Crippen LogP) is 4.83. The Labute approximate surface area is 182 Å². The molecular weight excluding hydrogens is 412 g/mol. The van der Waals surface area contributed by atoms with Crippen LogP contribution < -0.4 is 0 Å². The lowest BCUT2D eigenvalue weighted by molar-refractivity contribution is -0.120. The van der Waals surface area contributed by atoms with Gasteiger partial charge in [-0.25, -0.2) is 14.7 Å². The molecule has 1 aliphatic heterocycles. The van der Waals surface area contributed by atoms with E-state index in [1.807, 2.05) is 30.3 Å². The van der Waals surface area contributed by atoms with Crippen LogP contribution in [0, 0.1) is 0 Å². The molecule has 31 heavy (non-hydrogen) atoms. The summed E-state index contributed by atoms with van der Waals surface area (Å²) in [5.41, 5.74) is 1.76. The number of carbonyl (C=O) groups excluding carboxylic acids is 2. The van der Waals surface area contributed by atoms with E-state index in [9.17, 15) is 14.4 Å². The molecule has 6 nitrogen and oxygen atoms in total. The number of benzene rings is 3. The molecule has 0 spiro atoms. The summed E-state index contributed by atoms with van der Waals surface area (Å²) in [7, 11) is 0. The molecule has 3 aromatic rings. The molecule has 152 valence electrons. The Kier molecular flexibility index (Phi) is 5.77. The van der Waals surface area contributed by atoms with Crippen LogP contribution in [0.2, 0.25) is 0 Å². The molecular formula is C24H16N2O4S. The van der Waals surface area contributed by atoms with Crippen LogP contribution in [-0.4, -0.2) is 33.0 Å². The molecule has 3 aromatic carbocycles. The van der Waals surface area contributed by atoms with Crippen molar-refractivity contribution in [3.8, 4) is 0 Å². The van der Waals surface area contributed by atoms with Crippen molar-refractivity contribution in [2.45, 2.75) is 0 Å². The topological polar surface area (TPSA) is 87.0 Å². The van der Waals surface area contributed by atoms with Gasteiger partial charge >= 0.3 is 5.97 Å². The van der Waals surface area contributed by atoms with E-state index < -0.39 is 17.8 Å². The first-order valence-corrected chi connectivity index (χ1v) is 10.1. The van der Waals surface area contributed by atoms with Crippen molar-refractivity contribution in [3.63, 3.8) is 0 Å². The van der Waals surface area contributed by atoms with Crippen LogP contribution >= 0.6 is 11.8 Å². The van der Waals surface area contributed by atoms with E-state index >= 15 is 0 Å². The third-order valence-corrected chi connectivity index (χ3v) is 5.44. The summed E-state index contributed by atoms with van der Waals surface area (Å²) in [5.74, 6) is -1.97. The fourth-order valence-corrected chi connectivity index (χ4v) is 3.91. The number of aromatic carboxylic acids is 1. The lowest BCUT2D eigenvalue weighted by Gasteiger charge is -2.13. The van der Waals surface area contributed by atoms with Crippen molar-refractivity contribution in [2.24, 2.45) is 4.99 Å². The normalized spacial score (nSPS) is 16.1. The molecule has 1 aliphatic rings. The minimum absolute atomic E-state index is 0.126. The molecule has 0 unspecified atom stereocenters. The van der Waals surface area contributed by atoms with Crippen LogP contribution in [-0.2, 0) is 4.79 Å². The molecule has 1 saturated heterocycles. The Balaban J connectivity index is 1.74. The fraction of sp³-hybridized carbons (Fsp3) is 0. The minimum atomic E-state index is -1.04. The highest BCUT2D eigenvalue weighted by Gasteiger charge is 2.38. The van der Waals surface area contributed by atoms with Gasteiger partial charge in [-0.3, -0.25) is 9.59 Å². The Hall–Kier alpha value is -3.97. The first kappa shape index (κ1) is 20.3. The van der Waals surface area contributed by atoms with Crippen LogP contribution in [0.3, 0.4) is 0 Å². The minimum Gasteiger partial charge on any atom is -0.478 e. The summed E-state index contributed by atoms with van der Waals surface area (Å²) in [6.45, 7) is 0. The number of carboxylic acid groups (broad SMARTS) is 1. The first-order valence-electron chi connectivity index (χ1n) is 9.33. The van der Waals surface area contributed by atoms with Gasteiger partial charge in [-0.1, -0.05) is 48.5 Å². The van der Waals surface area contributed by atoms with Gasteiger partial charge in [0.25, 0.3) is 11.8 Å². The Morgan fingerprint density at radius 3 is 2.06 bits per heavy atom. The number of carbonyl (C=O) groups is 3. The number of rotatable bonds is 4. The van der Waals surface area contributed by atoms with Crippen LogP contribution in [0.5, 0.6) is 0 Å². The summed E-state index contributed by atoms with van der Waals surface area (Å²) >= 11 is 1.10. The van der Waals surface area contributed by atoms with E-state index in [0.29, 0.717) is 16.2 Å². The van der Waals surface area contributed by atoms with Crippen molar-refractivity contribution in [2.75, 3.05) is 0 Å². The maximum absolute atomic E-state index is 13.1. The van der Waals surface area contributed by atoms with Crippen molar-refractivity contribution < 1.29 is 19.5 Å². The number of hydrogen-bond donors (Lipinski definition) is 1. The van der Waals surface area contributed by atoms with E-state index in [2.05, 4.69) is 4.99 Å². The zero-order chi connectivity index (χ0) is 21.8. The molecule has 1 heterocycles. The molecule has 0 bridgehead atoms. The molecule has 0 saturated carbocycles. The first-order chi connectivity index (χ1) is 15.0. The number of carboxylic acids is 1. The van der Waals surface area contributed by atoms with Crippen LogP contribution in [0.25, 0.3) is 6.08 Å². The molecule has 0 aliphatic carbocycles. The van der Waals surface area contributed by atoms with E-state index in [-0.39, 0.29) is 10.7 Å². The number of imide groups is 1. The quantitative estimate of drug-likeness (QED) is 0.475. The maximum atomic E-state index is 13.1. The molecule has 0 atom stereocenters. The zero-order valence-corrected chi connectivity index (χ0v) is 17.0. The van der Waals surface area contributed by atoms with Crippen LogP contribution in [0.4, 0.5) is 5.69 Å². The second-order valence-corrected chi connectivity index (χ2v) is 7.59. The smallest absolute Gasteiger partial charge is 0.335 e. The predicted molar refractivity (Wildman–Crippen MR) is 120 cm³/mol. The van der Waals surface area contributed by atoms with Gasteiger partial charge in [-0.2, -0.15) is 0 Å². The van der Waals surface area contributed by atoms with Gasteiger partial charge in [0, 0.05) is 5.56 Å². The number of hydrogen-bond acceptors (Lipinski definition) is 5. The molecule has 0 aromatic heterocycles. The average Bonchev–Trinajstić information content (AvgIpc) is 3.09. The summed E-state index contributed by atoms with van der Waals surface area (Å²) in [4.78, 5) is 43.2. The average molecular weight is 428 g/mol. The Bertz CT molecular complexity index is 1200. The van der Waals surface area contributed by atoms with Crippen molar-refractivity contribution in [1.82, 2.24) is 4.90 Å². The third kappa shape index (κ3) is 4.46. The van der Waals surface area contributed by atoms with Crippen molar-refractivity contribution in [3.05, 3.63) is 107 Å². The summed E-state index contributed by atoms with van der Waals surface area (Å²) in [5, 5.41) is 9.28. The molecule has 0 radical (unpaired) electrons. The number of thioether (sulfide) groups is 1. The number of amidine groups is 1. The number of aliphatic imine (C=N–C) groups is 1. The van der Waals surface area contributed by atoms with E-state index in [0.717, 1.165) is 22.2 Å². The monoisotopic (exact) mass is 428 g/mol. The number of amides is 2. The van der Waals surface area contributed by atoms with Crippen molar-refractivity contribution in [1.29, 1.82) is 0 Å². The van der Waals surface area contributed by atoms with Crippen molar-refractivity contribution >= 4 is 46.5 Å². The Morgan fingerprint density at radius 2 is 1.45 bits per heavy atom. The highest BCUT2D eigenvalue weighted by atomic mass is 32.2. The van der Waals surface area contributed by atoms with Gasteiger partial charge in [-0.05, 0) is 59.8 Å². The van der Waals surface area contributed by atoms with E-state index in [4.69, 9.17) is 5.11 Å². The fourth-order valence-electron chi connectivity index (χ4n) is 2.93. The second kappa shape index (κ2) is 8.81.